The quantitative estimate of drug-likeness (QED) is 0.564. The summed E-state index contributed by atoms with van der Waals surface area (Å²) in [5.74, 6) is -1.11. The van der Waals surface area contributed by atoms with E-state index in [0.717, 1.165) is 5.56 Å². The molecule has 0 saturated heterocycles. The fraction of sp³-hybridized carbons (Fsp3) is 0.222. The molecule has 0 N–H and O–H groups in total. The summed E-state index contributed by atoms with van der Waals surface area (Å²) in [7, 11) is 1.32. The zero-order chi connectivity index (χ0) is 16.8. The largest absolute Gasteiger partial charge is 0.469 e. The summed E-state index contributed by atoms with van der Waals surface area (Å²) >= 11 is 11.8. The lowest BCUT2D eigenvalue weighted by Crippen LogP contribution is -2.22. The first-order valence-electron chi connectivity index (χ1n) is 7.11. The number of esters is 1. The van der Waals surface area contributed by atoms with E-state index in [0.29, 0.717) is 22.0 Å². The molecule has 0 fully saturated rings. The lowest BCUT2D eigenvalue weighted by Gasteiger charge is -2.14. The number of rotatable bonds is 6. The van der Waals surface area contributed by atoms with Gasteiger partial charge in [-0.2, -0.15) is 0 Å². The Balaban J connectivity index is 2.15. The first-order chi connectivity index (χ1) is 11.0. The molecule has 0 aliphatic carbocycles. The molecular weight excluding hydrogens is 335 g/mol. The highest BCUT2D eigenvalue weighted by molar-refractivity contribution is 6.42. The molecule has 120 valence electrons. The van der Waals surface area contributed by atoms with Crippen molar-refractivity contribution in [1.82, 2.24) is 0 Å². The van der Waals surface area contributed by atoms with Gasteiger partial charge in [0.15, 0.2) is 5.78 Å². The highest BCUT2D eigenvalue weighted by Crippen LogP contribution is 2.24. The summed E-state index contributed by atoms with van der Waals surface area (Å²) in [6, 6.07) is 14.2. The van der Waals surface area contributed by atoms with E-state index in [2.05, 4.69) is 0 Å². The summed E-state index contributed by atoms with van der Waals surface area (Å²) in [5.41, 5.74) is 1.41. The standard InChI is InChI=1S/C18H16Cl2O3/c1-23-18(22)14(9-12-5-3-2-4-6-12)11-17(21)13-7-8-15(19)16(20)10-13/h2-8,10,14H,9,11H2,1H3/t14-/m1/s1. The van der Waals surface area contributed by atoms with Crippen molar-refractivity contribution in [2.24, 2.45) is 5.92 Å². The molecule has 5 heteroatoms. The number of carbonyl (C=O) groups excluding carboxylic acids is 2. The van der Waals surface area contributed by atoms with Crippen LogP contribution in [0.15, 0.2) is 48.5 Å². The van der Waals surface area contributed by atoms with Crippen LogP contribution in [-0.2, 0) is 16.0 Å². The molecule has 2 aromatic rings. The highest BCUT2D eigenvalue weighted by Gasteiger charge is 2.24. The first-order valence-corrected chi connectivity index (χ1v) is 7.87. The number of halogens is 2. The Hall–Kier alpha value is -1.84. The molecule has 2 aromatic carbocycles. The van der Waals surface area contributed by atoms with E-state index < -0.39 is 11.9 Å². The molecule has 0 bridgehead atoms. The fourth-order valence-corrected chi connectivity index (χ4v) is 2.61. The molecule has 3 nitrogen and oxygen atoms in total. The first kappa shape index (κ1) is 17.5. The van der Waals surface area contributed by atoms with Crippen molar-refractivity contribution in [2.75, 3.05) is 7.11 Å². The molecule has 0 radical (unpaired) electrons. The van der Waals surface area contributed by atoms with Crippen molar-refractivity contribution in [3.63, 3.8) is 0 Å². The monoisotopic (exact) mass is 350 g/mol. The minimum absolute atomic E-state index is 0.0551. The Morgan fingerprint density at radius 2 is 1.74 bits per heavy atom. The summed E-state index contributed by atoms with van der Waals surface area (Å²) < 4.78 is 4.83. The predicted octanol–water partition coefficient (Wildman–Crippen LogP) is 4.60. The molecule has 0 amide bonds. The lowest BCUT2D eigenvalue weighted by molar-refractivity contribution is -0.145. The van der Waals surface area contributed by atoms with Gasteiger partial charge >= 0.3 is 5.97 Å². The van der Waals surface area contributed by atoms with E-state index in [1.54, 1.807) is 12.1 Å². The third kappa shape index (κ3) is 4.81. The van der Waals surface area contributed by atoms with E-state index in [1.165, 1.54) is 13.2 Å². The van der Waals surface area contributed by atoms with E-state index in [4.69, 9.17) is 27.9 Å². The molecule has 0 aliphatic rings. The van der Waals surface area contributed by atoms with Gasteiger partial charge in [-0.15, -0.1) is 0 Å². The zero-order valence-electron chi connectivity index (χ0n) is 12.6. The van der Waals surface area contributed by atoms with Crippen LogP contribution in [0.25, 0.3) is 0 Å². The van der Waals surface area contributed by atoms with Crippen LogP contribution in [0.3, 0.4) is 0 Å². The average Bonchev–Trinajstić information content (AvgIpc) is 2.56. The number of methoxy groups -OCH3 is 1. The Bertz CT molecular complexity index is 699. The maximum absolute atomic E-state index is 12.4. The second-order valence-electron chi connectivity index (χ2n) is 5.17. The van der Waals surface area contributed by atoms with Crippen LogP contribution < -0.4 is 0 Å². The maximum Gasteiger partial charge on any atom is 0.309 e. The SMILES string of the molecule is COC(=O)[C@@H](CC(=O)c1ccc(Cl)c(Cl)c1)Cc1ccccc1. The smallest absolute Gasteiger partial charge is 0.309 e. The van der Waals surface area contributed by atoms with E-state index >= 15 is 0 Å². The second-order valence-corrected chi connectivity index (χ2v) is 5.98. The lowest BCUT2D eigenvalue weighted by atomic mass is 9.92. The van der Waals surface area contributed by atoms with Crippen LogP contribution in [0.4, 0.5) is 0 Å². The van der Waals surface area contributed by atoms with Crippen LogP contribution in [0.1, 0.15) is 22.3 Å². The summed E-state index contributed by atoms with van der Waals surface area (Å²) in [4.78, 5) is 24.4. The average molecular weight is 351 g/mol. The van der Waals surface area contributed by atoms with Crippen LogP contribution in [0.2, 0.25) is 10.0 Å². The summed E-state index contributed by atoms with van der Waals surface area (Å²) in [6.07, 6.45) is 0.500. The summed E-state index contributed by atoms with van der Waals surface area (Å²) in [6.45, 7) is 0. The third-order valence-electron chi connectivity index (χ3n) is 3.53. The van der Waals surface area contributed by atoms with Crippen molar-refractivity contribution in [2.45, 2.75) is 12.8 Å². The van der Waals surface area contributed by atoms with Crippen molar-refractivity contribution < 1.29 is 14.3 Å². The zero-order valence-corrected chi connectivity index (χ0v) is 14.1. The number of ether oxygens (including phenoxy) is 1. The molecule has 1 atom stereocenters. The van der Waals surface area contributed by atoms with E-state index in [9.17, 15) is 9.59 Å². The van der Waals surface area contributed by atoms with Gasteiger partial charge in [0.1, 0.15) is 0 Å². The second kappa shape index (κ2) is 8.14. The summed E-state index contributed by atoms with van der Waals surface area (Å²) in [5, 5.41) is 0.701. The van der Waals surface area contributed by atoms with Crippen molar-refractivity contribution in [3.8, 4) is 0 Å². The Labute approximate surface area is 145 Å². The van der Waals surface area contributed by atoms with Gasteiger partial charge < -0.3 is 4.74 Å². The van der Waals surface area contributed by atoms with E-state index in [1.807, 2.05) is 30.3 Å². The van der Waals surface area contributed by atoms with Gasteiger partial charge in [0.05, 0.1) is 23.1 Å². The van der Waals surface area contributed by atoms with Gasteiger partial charge in [-0.25, -0.2) is 0 Å². The van der Waals surface area contributed by atoms with Gasteiger partial charge in [0, 0.05) is 12.0 Å². The number of ketones is 1. The van der Waals surface area contributed by atoms with Crippen LogP contribution in [0, 0.1) is 5.92 Å². The van der Waals surface area contributed by atoms with E-state index in [-0.39, 0.29) is 12.2 Å². The molecule has 0 aromatic heterocycles. The molecular formula is C18H16Cl2O3. The van der Waals surface area contributed by atoms with Crippen molar-refractivity contribution in [3.05, 3.63) is 69.7 Å². The maximum atomic E-state index is 12.4. The minimum atomic E-state index is -0.538. The van der Waals surface area contributed by atoms with Gasteiger partial charge in [-0.3, -0.25) is 9.59 Å². The van der Waals surface area contributed by atoms with Crippen LogP contribution in [-0.4, -0.2) is 18.9 Å². The van der Waals surface area contributed by atoms with Crippen molar-refractivity contribution >= 4 is 35.0 Å². The number of carbonyl (C=O) groups is 2. The Kier molecular flexibility index (Phi) is 6.20. The van der Waals surface area contributed by atoms with Crippen LogP contribution >= 0.6 is 23.2 Å². The minimum Gasteiger partial charge on any atom is -0.469 e. The number of hydrogen-bond acceptors (Lipinski definition) is 3. The van der Waals surface area contributed by atoms with Gasteiger partial charge in [0.2, 0.25) is 0 Å². The number of Topliss-reactive ketones (excluding diaryl/α,β-unsaturated/α-hetero) is 1. The third-order valence-corrected chi connectivity index (χ3v) is 4.27. The molecule has 2 rings (SSSR count). The van der Waals surface area contributed by atoms with Gasteiger partial charge in [-0.1, -0.05) is 53.5 Å². The van der Waals surface area contributed by atoms with Gasteiger partial charge in [-0.05, 0) is 30.2 Å². The Morgan fingerprint density at radius 3 is 2.35 bits per heavy atom. The Morgan fingerprint density at radius 1 is 1.04 bits per heavy atom. The molecule has 0 spiro atoms. The molecule has 0 unspecified atom stereocenters. The molecule has 0 saturated carbocycles. The molecule has 0 aliphatic heterocycles. The predicted molar refractivity (Wildman–Crippen MR) is 91.1 cm³/mol. The fourth-order valence-electron chi connectivity index (χ4n) is 2.32. The highest BCUT2D eigenvalue weighted by atomic mass is 35.5. The normalized spacial score (nSPS) is 11.8. The molecule has 0 heterocycles. The number of benzene rings is 2. The number of hydrogen-bond donors (Lipinski definition) is 0. The topological polar surface area (TPSA) is 43.4 Å². The van der Waals surface area contributed by atoms with Crippen LogP contribution in [0.5, 0.6) is 0 Å². The van der Waals surface area contributed by atoms with Gasteiger partial charge in [0.25, 0.3) is 0 Å². The molecule has 23 heavy (non-hydrogen) atoms. The van der Waals surface area contributed by atoms with Crippen molar-refractivity contribution in [1.29, 1.82) is 0 Å².